The minimum atomic E-state index is -3.97. The number of halogens is 2. The summed E-state index contributed by atoms with van der Waals surface area (Å²) in [5.74, 6) is 0. The molecule has 0 fully saturated rings. The van der Waals surface area contributed by atoms with Crippen LogP contribution in [0.3, 0.4) is 0 Å². The van der Waals surface area contributed by atoms with Crippen molar-refractivity contribution in [1.29, 1.82) is 10.5 Å². The molecule has 0 heterocycles. The van der Waals surface area contributed by atoms with E-state index in [1.165, 1.54) is 30.3 Å². The molecule has 0 radical (unpaired) electrons. The molecule has 0 aliphatic carbocycles. The number of carbonyl (C=O) groups excluding carboxylic acids is 2. The Labute approximate surface area is 238 Å². The molecule has 196 valence electrons. The molecule has 3 aromatic carbocycles. The van der Waals surface area contributed by atoms with E-state index in [9.17, 15) is 18.0 Å². The van der Waals surface area contributed by atoms with Gasteiger partial charge in [-0.1, -0.05) is 56.1 Å². The van der Waals surface area contributed by atoms with Crippen LogP contribution in [0.1, 0.15) is 53.2 Å². The van der Waals surface area contributed by atoms with Crippen LogP contribution in [0, 0.1) is 22.7 Å². The van der Waals surface area contributed by atoms with Gasteiger partial charge in [0.2, 0.25) is 9.84 Å². The Hall–Kier alpha value is -3.51. The Morgan fingerprint density at radius 3 is 1.97 bits per heavy atom. The summed E-state index contributed by atoms with van der Waals surface area (Å²) in [5, 5.41) is 18.5. The highest BCUT2D eigenvalue weighted by Crippen LogP contribution is 2.32. The van der Waals surface area contributed by atoms with E-state index in [1.807, 2.05) is 12.1 Å². The van der Waals surface area contributed by atoms with Gasteiger partial charge in [0.05, 0.1) is 28.2 Å². The van der Waals surface area contributed by atoms with Gasteiger partial charge in [-0.2, -0.15) is 10.5 Å². The lowest BCUT2D eigenvalue weighted by atomic mass is 10.1. The van der Waals surface area contributed by atoms with E-state index in [1.54, 1.807) is 57.2 Å². The second kappa shape index (κ2) is 13.3. The highest BCUT2D eigenvalue weighted by molar-refractivity contribution is 9.10. The number of nitrogens with zero attached hydrogens (tertiary/aromatic N) is 2. The van der Waals surface area contributed by atoms with Crippen LogP contribution < -0.4 is 5.32 Å². The van der Waals surface area contributed by atoms with Crippen LogP contribution in [-0.4, -0.2) is 26.4 Å². The van der Waals surface area contributed by atoms with Gasteiger partial charge in [0.15, 0.2) is 11.7 Å². The third-order valence-corrected chi connectivity index (χ3v) is 7.99. The molecule has 8 nitrogen and oxygen atoms in total. The number of ether oxygens (including phenoxy) is 1. The van der Waals surface area contributed by atoms with Crippen molar-refractivity contribution in [3.8, 4) is 12.1 Å². The van der Waals surface area contributed by atoms with Gasteiger partial charge in [-0.3, -0.25) is 4.79 Å². The molecule has 0 spiro atoms. The number of alkyl carbamates (subject to hydrolysis) is 1. The normalized spacial score (nSPS) is 11.6. The van der Waals surface area contributed by atoms with Crippen LogP contribution >= 0.6 is 31.9 Å². The van der Waals surface area contributed by atoms with Crippen LogP contribution in [-0.2, 0) is 14.6 Å². The van der Waals surface area contributed by atoms with Gasteiger partial charge in [-0.05, 0) is 63.2 Å². The third kappa shape index (κ3) is 8.52. The maximum Gasteiger partial charge on any atom is 0.408 e. The number of benzene rings is 3. The molecule has 1 N–H and O–H groups in total. The predicted molar refractivity (Wildman–Crippen MR) is 149 cm³/mol. The summed E-state index contributed by atoms with van der Waals surface area (Å²) in [6.45, 7) is 5.06. The lowest BCUT2D eigenvalue weighted by molar-refractivity contribution is 0.0519. The number of sulfone groups is 1. The number of aldehydes is 1. The fourth-order valence-electron chi connectivity index (χ4n) is 2.98. The number of amides is 1. The monoisotopic (exact) mass is 659 g/mol. The molecule has 0 bridgehead atoms. The van der Waals surface area contributed by atoms with Crippen LogP contribution in [0.15, 0.2) is 80.6 Å². The van der Waals surface area contributed by atoms with Crippen LogP contribution in [0.2, 0.25) is 0 Å². The van der Waals surface area contributed by atoms with Crippen molar-refractivity contribution in [3.63, 3.8) is 0 Å². The summed E-state index contributed by atoms with van der Waals surface area (Å²) in [6.07, 6.45) is -0.117. The first-order chi connectivity index (χ1) is 17.8. The van der Waals surface area contributed by atoms with Crippen LogP contribution in [0.25, 0.3) is 0 Å². The minimum Gasteiger partial charge on any atom is -0.444 e. The highest BCUT2D eigenvalue weighted by Gasteiger charge is 2.33. The molecule has 1 amide bonds. The molecule has 0 aliphatic rings. The molecule has 1 atom stereocenters. The summed E-state index contributed by atoms with van der Waals surface area (Å²) >= 11 is 6.46. The molecular weight excluding hydrogens is 638 g/mol. The number of nitrogens with one attached hydrogen (secondary N) is 1. The second-order valence-corrected chi connectivity index (χ2v) is 12.4. The van der Waals surface area contributed by atoms with E-state index in [2.05, 4.69) is 37.2 Å². The smallest absolute Gasteiger partial charge is 0.408 e. The Kier molecular flexibility index (Phi) is 10.8. The first-order valence-electron chi connectivity index (χ1n) is 10.9. The van der Waals surface area contributed by atoms with E-state index >= 15 is 0 Å². The van der Waals surface area contributed by atoms with Crippen molar-refractivity contribution in [2.24, 2.45) is 0 Å². The number of rotatable bonds is 5. The quantitative estimate of drug-likeness (QED) is 0.310. The average molecular weight is 661 g/mol. The molecule has 0 saturated heterocycles. The number of carbonyl (C=O) groups is 2. The molecular formula is C27H23Br2N3O5S. The standard InChI is InChI=1S/C19H19BrN2O4S.C8H4BrNO/c1-19(2,3)26-18(23)22-17(15-10-9-13(12-21)11-16(15)20)27(24,25)14-7-5-4-6-8-14;9-8-3-6(4-10)1-2-7(8)5-11/h4-11,17H,1-3H3,(H,22,23);1-3,5H. The summed E-state index contributed by atoms with van der Waals surface area (Å²) in [4.78, 5) is 22.7. The maximum absolute atomic E-state index is 13.2. The molecule has 0 aliphatic heterocycles. The van der Waals surface area contributed by atoms with Gasteiger partial charge in [-0.25, -0.2) is 13.2 Å². The molecule has 3 rings (SSSR count). The van der Waals surface area contributed by atoms with E-state index in [0.29, 0.717) is 31.2 Å². The van der Waals surface area contributed by atoms with Crippen molar-refractivity contribution in [3.05, 3.63) is 97.9 Å². The summed E-state index contributed by atoms with van der Waals surface area (Å²) in [7, 11) is -3.97. The minimum absolute atomic E-state index is 0.0577. The number of hydrogen-bond donors (Lipinski definition) is 1. The number of nitriles is 2. The van der Waals surface area contributed by atoms with E-state index < -0.39 is 26.9 Å². The molecule has 0 saturated carbocycles. The molecule has 3 aromatic rings. The van der Waals surface area contributed by atoms with Gasteiger partial charge < -0.3 is 10.1 Å². The van der Waals surface area contributed by atoms with Gasteiger partial charge in [0.25, 0.3) is 0 Å². The van der Waals surface area contributed by atoms with Gasteiger partial charge in [0.1, 0.15) is 5.60 Å². The zero-order valence-corrected chi connectivity index (χ0v) is 24.6. The van der Waals surface area contributed by atoms with Crippen LogP contribution in [0.4, 0.5) is 4.79 Å². The second-order valence-electron chi connectivity index (χ2n) is 8.70. The van der Waals surface area contributed by atoms with Crippen molar-refractivity contribution >= 4 is 54.1 Å². The average Bonchev–Trinajstić information content (AvgIpc) is 2.87. The Morgan fingerprint density at radius 1 is 0.947 bits per heavy atom. The van der Waals surface area contributed by atoms with Gasteiger partial charge in [-0.15, -0.1) is 0 Å². The fraction of sp³-hybridized carbons (Fsp3) is 0.185. The first kappa shape index (κ1) is 30.7. The Bertz CT molecular complexity index is 1510. The Balaban J connectivity index is 0.000000384. The van der Waals surface area contributed by atoms with Crippen molar-refractivity contribution < 1.29 is 22.7 Å². The summed E-state index contributed by atoms with van der Waals surface area (Å²) in [6, 6.07) is 21.1. The Morgan fingerprint density at radius 2 is 1.50 bits per heavy atom. The summed E-state index contributed by atoms with van der Waals surface area (Å²) in [5.41, 5.74) is 0.974. The molecule has 1 unspecified atom stereocenters. The number of hydrogen-bond acceptors (Lipinski definition) is 7. The molecule has 11 heteroatoms. The van der Waals surface area contributed by atoms with Crippen LogP contribution in [0.5, 0.6) is 0 Å². The lowest BCUT2D eigenvalue weighted by Crippen LogP contribution is -2.38. The topological polar surface area (TPSA) is 137 Å². The first-order valence-corrected chi connectivity index (χ1v) is 14.1. The van der Waals surface area contributed by atoms with Gasteiger partial charge in [0, 0.05) is 20.1 Å². The molecule has 38 heavy (non-hydrogen) atoms. The lowest BCUT2D eigenvalue weighted by Gasteiger charge is -2.24. The van der Waals surface area contributed by atoms with Crippen molar-refractivity contribution in [2.45, 2.75) is 36.6 Å². The van der Waals surface area contributed by atoms with Crippen molar-refractivity contribution in [1.82, 2.24) is 5.32 Å². The van der Waals surface area contributed by atoms with Crippen molar-refractivity contribution in [2.75, 3.05) is 0 Å². The SMILES string of the molecule is CC(C)(C)OC(=O)NC(c1ccc(C#N)cc1Br)S(=O)(=O)c1ccccc1.N#Cc1ccc(C=O)c(Br)c1. The zero-order chi connectivity index (χ0) is 28.5. The van der Waals surface area contributed by atoms with E-state index in [0.717, 1.165) is 6.29 Å². The zero-order valence-electron chi connectivity index (χ0n) is 20.6. The third-order valence-electron chi connectivity index (χ3n) is 4.70. The summed E-state index contributed by atoms with van der Waals surface area (Å²) < 4.78 is 32.6. The van der Waals surface area contributed by atoms with Gasteiger partial charge >= 0.3 is 6.09 Å². The highest BCUT2D eigenvalue weighted by atomic mass is 79.9. The van der Waals surface area contributed by atoms with E-state index in [4.69, 9.17) is 15.3 Å². The van der Waals surface area contributed by atoms with E-state index in [-0.39, 0.29) is 4.90 Å². The predicted octanol–water partition coefficient (Wildman–Crippen LogP) is 6.45. The largest absolute Gasteiger partial charge is 0.444 e. The maximum atomic E-state index is 13.2. The fourth-order valence-corrected chi connectivity index (χ4v) is 5.82. The molecule has 0 aromatic heterocycles.